The highest BCUT2D eigenvalue weighted by atomic mass is 16.5. The fraction of sp³-hybridized carbons (Fsp3) is 0.103. The predicted octanol–water partition coefficient (Wildman–Crippen LogP) is 5.61. The summed E-state index contributed by atoms with van der Waals surface area (Å²) in [6.45, 7) is 0.634. The Bertz CT molecular complexity index is 1260. The molecule has 4 aromatic rings. The van der Waals surface area contributed by atoms with Crippen molar-refractivity contribution < 1.29 is 14.3 Å². The van der Waals surface area contributed by atoms with Gasteiger partial charge in [0.15, 0.2) is 0 Å². The lowest BCUT2D eigenvalue weighted by molar-refractivity contribution is -0.114. The van der Waals surface area contributed by atoms with Gasteiger partial charge in [-0.25, -0.2) is 0 Å². The summed E-state index contributed by atoms with van der Waals surface area (Å²) in [4.78, 5) is 24.8. The minimum Gasteiger partial charge on any atom is -0.493 e. The van der Waals surface area contributed by atoms with E-state index in [4.69, 9.17) is 4.74 Å². The smallest absolute Gasteiger partial charge is 0.255 e. The number of carbonyl (C=O) groups is 2. The van der Waals surface area contributed by atoms with Gasteiger partial charge in [-0.15, -0.1) is 0 Å². The molecule has 0 unspecified atom stereocenters. The maximum Gasteiger partial charge on any atom is 0.255 e. The van der Waals surface area contributed by atoms with Crippen molar-refractivity contribution in [3.8, 4) is 5.75 Å². The zero-order valence-electron chi connectivity index (χ0n) is 19.2. The van der Waals surface area contributed by atoms with Gasteiger partial charge < -0.3 is 20.7 Å². The Labute approximate surface area is 205 Å². The fourth-order valence-corrected chi connectivity index (χ4v) is 3.48. The van der Waals surface area contributed by atoms with Crippen LogP contribution < -0.4 is 20.7 Å². The van der Waals surface area contributed by atoms with E-state index in [-0.39, 0.29) is 18.4 Å². The Hall–Kier alpha value is -4.58. The van der Waals surface area contributed by atoms with Crippen LogP contribution in [0.25, 0.3) is 0 Å². The van der Waals surface area contributed by atoms with E-state index in [1.165, 1.54) is 5.56 Å². The molecule has 4 aromatic carbocycles. The zero-order valence-corrected chi connectivity index (χ0v) is 19.2. The summed E-state index contributed by atoms with van der Waals surface area (Å²) in [6.07, 6.45) is 0.812. The van der Waals surface area contributed by atoms with Gasteiger partial charge in [-0.1, -0.05) is 60.7 Å². The average Bonchev–Trinajstić information content (AvgIpc) is 2.89. The molecule has 0 heterocycles. The molecule has 0 saturated heterocycles. The minimum absolute atomic E-state index is 0.0785. The normalized spacial score (nSPS) is 10.3. The summed E-state index contributed by atoms with van der Waals surface area (Å²) in [5, 5.41) is 8.83. The lowest BCUT2D eigenvalue weighted by Crippen LogP contribution is -2.21. The number of amides is 2. The Kier molecular flexibility index (Phi) is 8.11. The molecule has 0 atom stereocenters. The van der Waals surface area contributed by atoms with Crippen LogP contribution >= 0.6 is 0 Å². The molecular formula is C29H27N3O3. The van der Waals surface area contributed by atoms with Crippen LogP contribution in [0.15, 0.2) is 109 Å². The molecule has 0 aliphatic rings. The van der Waals surface area contributed by atoms with Gasteiger partial charge in [-0.3, -0.25) is 9.59 Å². The highest BCUT2D eigenvalue weighted by molar-refractivity contribution is 6.04. The van der Waals surface area contributed by atoms with Crippen LogP contribution in [0.2, 0.25) is 0 Å². The molecule has 0 radical (unpaired) electrons. The van der Waals surface area contributed by atoms with Crippen molar-refractivity contribution in [1.82, 2.24) is 0 Å². The molecule has 0 saturated carbocycles. The van der Waals surface area contributed by atoms with E-state index < -0.39 is 0 Å². The average molecular weight is 466 g/mol. The molecule has 0 aliphatic heterocycles. The number of carbonyl (C=O) groups excluding carboxylic acids is 2. The molecule has 35 heavy (non-hydrogen) atoms. The highest BCUT2D eigenvalue weighted by Gasteiger charge is 2.07. The minimum atomic E-state index is -0.190. The van der Waals surface area contributed by atoms with Crippen molar-refractivity contribution in [2.75, 3.05) is 29.1 Å². The highest BCUT2D eigenvalue weighted by Crippen LogP contribution is 2.19. The number of hydrogen-bond donors (Lipinski definition) is 3. The zero-order chi connectivity index (χ0) is 24.3. The van der Waals surface area contributed by atoms with E-state index in [0.29, 0.717) is 29.3 Å². The second kappa shape index (κ2) is 12.0. The van der Waals surface area contributed by atoms with Gasteiger partial charge in [0, 0.05) is 35.1 Å². The van der Waals surface area contributed by atoms with Gasteiger partial charge in [0.2, 0.25) is 5.91 Å². The molecule has 2 amide bonds. The maximum atomic E-state index is 12.5. The first kappa shape index (κ1) is 23.6. The van der Waals surface area contributed by atoms with Crippen LogP contribution in [0.4, 0.5) is 17.1 Å². The molecule has 0 fully saturated rings. The molecule has 0 spiro atoms. The predicted molar refractivity (Wildman–Crippen MR) is 140 cm³/mol. The van der Waals surface area contributed by atoms with E-state index in [1.807, 2.05) is 72.8 Å². The van der Waals surface area contributed by atoms with Crippen LogP contribution in [0.1, 0.15) is 15.9 Å². The molecule has 176 valence electrons. The van der Waals surface area contributed by atoms with Gasteiger partial charge in [-0.05, 0) is 48.0 Å². The summed E-state index contributed by atoms with van der Waals surface area (Å²) in [5.74, 6) is 0.324. The number of ether oxygens (including phenoxy) is 1. The van der Waals surface area contributed by atoms with Crippen molar-refractivity contribution in [1.29, 1.82) is 0 Å². The third-order valence-electron chi connectivity index (χ3n) is 5.23. The second-order valence-corrected chi connectivity index (χ2v) is 7.91. The van der Waals surface area contributed by atoms with Crippen LogP contribution in [0.3, 0.4) is 0 Å². The van der Waals surface area contributed by atoms with E-state index in [0.717, 1.165) is 12.1 Å². The summed E-state index contributed by atoms with van der Waals surface area (Å²) < 4.78 is 5.84. The first-order valence-electron chi connectivity index (χ1n) is 11.4. The van der Waals surface area contributed by atoms with Crippen LogP contribution in [0, 0.1) is 0 Å². The molecular weight excluding hydrogens is 438 g/mol. The van der Waals surface area contributed by atoms with Crippen molar-refractivity contribution in [2.24, 2.45) is 0 Å². The molecule has 0 bridgehead atoms. The van der Waals surface area contributed by atoms with E-state index in [2.05, 4.69) is 28.1 Å². The molecule has 4 rings (SSSR count). The molecule has 6 nitrogen and oxygen atoms in total. The van der Waals surface area contributed by atoms with E-state index in [9.17, 15) is 9.59 Å². The summed E-state index contributed by atoms with van der Waals surface area (Å²) in [7, 11) is 0. The Morgan fingerprint density at radius 2 is 1.31 bits per heavy atom. The summed E-state index contributed by atoms with van der Waals surface area (Å²) in [5.41, 5.74) is 3.83. The van der Waals surface area contributed by atoms with Crippen LogP contribution in [-0.4, -0.2) is 25.0 Å². The first-order chi connectivity index (χ1) is 17.2. The number of anilines is 3. The Balaban J connectivity index is 1.25. The second-order valence-electron chi connectivity index (χ2n) is 7.91. The molecule has 3 N–H and O–H groups in total. The number of hydrogen-bond acceptors (Lipinski definition) is 4. The summed E-state index contributed by atoms with van der Waals surface area (Å²) >= 11 is 0. The van der Waals surface area contributed by atoms with Crippen molar-refractivity contribution in [3.05, 3.63) is 120 Å². The van der Waals surface area contributed by atoms with Crippen molar-refractivity contribution in [3.63, 3.8) is 0 Å². The monoisotopic (exact) mass is 465 g/mol. The lowest BCUT2D eigenvalue weighted by atomic mass is 10.2. The molecule has 6 heteroatoms. The van der Waals surface area contributed by atoms with E-state index in [1.54, 1.807) is 24.3 Å². The Morgan fingerprint density at radius 3 is 2.09 bits per heavy atom. The summed E-state index contributed by atoms with van der Waals surface area (Å²) in [6, 6.07) is 33.7. The largest absolute Gasteiger partial charge is 0.493 e. The van der Waals surface area contributed by atoms with Gasteiger partial charge in [0.25, 0.3) is 5.91 Å². The molecule has 0 aromatic heterocycles. The van der Waals surface area contributed by atoms with E-state index >= 15 is 0 Å². The quantitative estimate of drug-likeness (QED) is 0.284. The maximum absolute atomic E-state index is 12.5. The molecule has 0 aliphatic carbocycles. The Morgan fingerprint density at radius 1 is 0.657 bits per heavy atom. The van der Waals surface area contributed by atoms with Crippen molar-refractivity contribution in [2.45, 2.75) is 6.42 Å². The first-order valence-corrected chi connectivity index (χ1v) is 11.4. The van der Waals surface area contributed by atoms with Gasteiger partial charge in [0.05, 0.1) is 13.2 Å². The van der Waals surface area contributed by atoms with Gasteiger partial charge >= 0.3 is 0 Å². The van der Waals surface area contributed by atoms with Crippen LogP contribution in [0.5, 0.6) is 5.75 Å². The van der Waals surface area contributed by atoms with Crippen molar-refractivity contribution >= 4 is 28.9 Å². The number of rotatable bonds is 10. The van der Waals surface area contributed by atoms with Gasteiger partial charge in [0.1, 0.15) is 5.75 Å². The lowest BCUT2D eigenvalue weighted by Gasteiger charge is -2.11. The third-order valence-corrected chi connectivity index (χ3v) is 5.23. The number of benzene rings is 4. The SMILES string of the molecule is O=C(CNc1cccc(NC(=O)c2ccccc2)c1)Nc1cccc(OCCc2ccccc2)c1. The fourth-order valence-electron chi connectivity index (χ4n) is 3.48. The van der Waals surface area contributed by atoms with Crippen LogP contribution in [-0.2, 0) is 11.2 Å². The topological polar surface area (TPSA) is 79.5 Å². The van der Waals surface area contributed by atoms with Gasteiger partial charge in [-0.2, -0.15) is 0 Å². The third kappa shape index (κ3) is 7.47. The standard InChI is InChI=1S/C29H27N3O3/c33-28(31-26-15-8-16-27(20-26)35-18-17-22-9-3-1-4-10-22)21-30-24-13-7-14-25(19-24)32-29(34)23-11-5-2-6-12-23/h1-16,19-20,30H,17-18,21H2,(H,31,33)(H,32,34). The number of nitrogens with one attached hydrogen (secondary N) is 3.